The largest absolute Gasteiger partial charge is 0.268 e. The highest BCUT2D eigenvalue weighted by Crippen LogP contribution is 2.17. The van der Waals surface area contributed by atoms with Crippen molar-refractivity contribution in [3.05, 3.63) is 57.5 Å². The van der Waals surface area contributed by atoms with Crippen molar-refractivity contribution in [2.45, 2.75) is 37.1 Å². The molecular weight excluding hydrogens is 352 g/mol. The van der Waals surface area contributed by atoms with Gasteiger partial charge in [0, 0.05) is 18.7 Å². The first-order valence-corrected chi connectivity index (χ1v) is 9.39. The third-order valence-electron chi connectivity index (χ3n) is 4.04. The van der Waals surface area contributed by atoms with Crippen LogP contribution < -0.4 is 10.3 Å². The van der Waals surface area contributed by atoms with E-state index < -0.39 is 26.6 Å². The van der Waals surface area contributed by atoms with Crippen LogP contribution in [-0.4, -0.2) is 24.7 Å². The molecule has 0 atom stereocenters. The van der Waals surface area contributed by atoms with Gasteiger partial charge in [0.05, 0.1) is 17.1 Å². The van der Waals surface area contributed by atoms with Crippen LogP contribution in [0.5, 0.6) is 0 Å². The summed E-state index contributed by atoms with van der Waals surface area (Å²) in [5.74, 6) is -1.96. The number of halogens is 2. The number of nitrogens with one attached hydrogen (secondary N) is 1. The Balaban J connectivity index is 1.71. The van der Waals surface area contributed by atoms with Gasteiger partial charge in [-0.05, 0) is 43.4 Å². The number of hydrogen-bond donors (Lipinski definition) is 1. The molecule has 2 aromatic rings. The van der Waals surface area contributed by atoms with Crippen LogP contribution in [0.2, 0.25) is 0 Å². The Bertz CT molecular complexity index is 937. The predicted octanol–water partition coefficient (Wildman–Crippen LogP) is 1.38. The third kappa shape index (κ3) is 4.10. The summed E-state index contributed by atoms with van der Waals surface area (Å²) >= 11 is 0. The summed E-state index contributed by atoms with van der Waals surface area (Å²) in [6, 6.07) is 3.59. The third-order valence-corrected chi connectivity index (χ3v) is 5.48. The minimum absolute atomic E-state index is 0.0309. The number of hydrogen-bond acceptors (Lipinski definition) is 4. The first-order chi connectivity index (χ1) is 11.8. The van der Waals surface area contributed by atoms with Crippen molar-refractivity contribution in [1.82, 2.24) is 14.5 Å². The monoisotopic (exact) mass is 369 g/mol. The van der Waals surface area contributed by atoms with Crippen molar-refractivity contribution < 1.29 is 17.2 Å². The van der Waals surface area contributed by atoms with Gasteiger partial charge in [-0.3, -0.25) is 4.79 Å². The van der Waals surface area contributed by atoms with E-state index in [1.807, 2.05) is 0 Å². The molecule has 0 amide bonds. The summed E-state index contributed by atoms with van der Waals surface area (Å²) in [5.41, 5.74) is 1.51. The molecule has 0 saturated carbocycles. The van der Waals surface area contributed by atoms with Gasteiger partial charge in [0.2, 0.25) is 10.0 Å². The lowest BCUT2D eigenvalue weighted by Crippen LogP contribution is -2.33. The van der Waals surface area contributed by atoms with Crippen molar-refractivity contribution in [3.63, 3.8) is 0 Å². The smallest absolute Gasteiger partial charge is 0.267 e. The van der Waals surface area contributed by atoms with Gasteiger partial charge in [-0.15, -0.1) is 0 Å². The number of rotatable bonds is 5. The first-order valence-electron chi connectivity index (χ1n) is 7.91. The number of benzene rings is 1. The summed E-state index contributed by atoms with van der Waals surface area (Å²) < 4.78 is 54.0. The fraction of sp³-hybridized carbons (Fsp3) is 0.375. The second-order valence-corrected chi connectivity index (χ2v) is 7.65. The van der Waals surface area contributed by atoms with Crippen molar-refractivity contribution in [2.75, 3.05) is 6.54 Å². The zero-order chi connectivity index (χ0) is 18.0. The molecule has 6 nitrogen and oxygen atoms in total. The van der Waals surface area contributed by atoms with Gasteiger partial charge in [-0.1, -0.05) is 0 Å². The maximum absolute atomic E-state index is 13.2. The summed E-state index contributed by atoms with van der Waals surface area (Å²) in [6.45, 7) is -0.0880. The highest BCUT2D eigenvalue weighted by atomic mass is 32.2. The van der Waals surface area contributed by atoms with Crippen LogP contribution in [0.4, 0.5) is 8.78 Å². The van der Waals surface area contributed by atoms with E-state index in [2.05, 4.69) is 9.82 Å². The van der Waals surface area contributed by atoms with E-state index >= 15 is 0 Å². The molecule has 1 aromatic heterocycles. The molecule has 0 spiro atoms. The molecule has 9 heteroatoms. The Morgan fingerprint density at radius 2 is 1.76 bits per heavy atom. The number of aryl methyl sites for hydroxylation is 2. The van der Waals surface area contributed by atoms with Crippen LogP contribution >= 0.6 is 0 Å². The summed E-state index contributed by atoms with van der Waals surface area (Å²) in [4.78, 5) is 11.5. The first kappa shape index (κ1) is 17.7. The standard InChI is InChI=1S/C16H17F2N3O3S/c17-12-8-13(18)10-14(9-12)25(23,24)19-5-6-21-16(22)7-11-3-1-2-4-15(11)20-21/h7-10,19H,1-6H2. The average molecular weight is 369 g/mol. The van der Waals surface area contributed by atoms with E-state index in [0.717, 1.165) is 49.1 Å². The lowest BCUT2D eigenvalue weighted by Gasteiger charge is -2.16. The molecule has 0 unspecified atom stereocenters. The van der Waals surface area contributed by atoms with Crippen molar-refractivity contribution >= 4 is 10.0 Å². The maximum Gasteiger partial charge on any atom is 0.267 e. The van der Waals surface area contributed by atoms with Crippen molar-refractivity contribution in [1.29, 1.82) is 0 Å². The molecule has 1 heterocycles. The van der Waals surface area contributed by atoms with Gasteiger partial charge in [0.15, 0.2) is 0 Å². The van der Waals surface area contributed by atoms with Gasteiger partial charge < -0.3 is 0 Å². The maximum atomic E-state index is 13.2. The highest BCUT2D eigenvalue weighted by Gasteiger charge is 2.17. The molecule has 3 rings (SSSR count). The summed E-state index contributed by atoms with van der Waals surface area (Å²) in [7, 11) is -4.08. The van der Waals surface area contributed by atoms with Crippen LogP contribution in [0.15, 0.2) is 34.0 Å². The Labute approximate surface area is 143 Å². The van der Waals surface area contributed by atoms with E-state index in [1.165, 1.54) is 10.7 Å². The minimum atomic E-state index is -4.08. The average Bonchev–Trinajstić information content (AvgIpc) is 2.54. The lowest BCUT2D eigenvalue weighted by molar-refractivity contribution is 0.524. The number of fused-ring (bicyclic) bond motifs is 1. The molecule has 0 bridgehead atoms. The molecule has 25 heavy (non-hydrogen) atoms. The zero-order valence-corrected chi connectivity index (χ0v) is 14.2. The predicted molar refractivity (Wildman–Crippen MR) is 86.7 cm³/mol. The molecule has 0 saturated heterocycles. The van der Waals surface area contributed by atoms with E-state index in [1.54, 1.807) is 0 Å². The van der Waals surface area contributed by atoms with Gasteiger partial charge in [0.1, 0.15) is 11.6 Å². The molecule has 1 aliphatic rings. The highest BCUT2D eigenvalue weighted by molar-refractivity contribution is 7.89. The molecule has 0 radical (unpaired) electrons. The second-order valence-electron chi connectivity index (χ2n) is 5.89. The lowest BCUT2D eigenvalue weighted by atomic mass is 9.97. The molecule has 0 fully saturated rings. The number of sulfonamides is 1. The Morgan fingerprint density at radius 1 is 1.08 bits per heavy atom. The van der Waals surface area contributed by atoms with E-state index in [0.29, 0.717) is 6.07 Å². The Hall–Kier alpha value is -2.13. The van der Waals surface area contributed by atoms with Crippen LogP contribution in [0.1, 0.15) is 24.1 Å². The summed E-state index contributed by atoms with van der Waals surface area (Å²) in [5, 5.41) is 4.28. The fourth-order valence-electron chi connectivity index (χ4n) is 2.81. The minimum Gasteiger partial charge on any atom is -0.268 e. The van der Waals surface area contributed by atoms with Crippen LogP contribution in [0.3, 0.4) is 0 Å². The van der Waals surface area contributed by atoms with Crippen LogP contribution in [-0.2, 0) is 29.4 Å². The molecule has 1 N–H and O–H groups in total. The number of aromatic nitrogens is 2. The van der Waals surface area contributed by atoms with Gasteiger partial charge >= 0.3 is 0 Å². The van der Waals surface area contributed by atoms with Gasteiger partial charge in [-0.25, -0.2) is 26.6 Å². The van der Waals surface area contributed by atoms with Crippen molar-refractivity contribution in [2.24, 2.45) is 0 Å². The number of nitrogens with zero attached hydrogens (tertiary/aromatic N) is 2. The molecule has 1 aromatic carbocycles. The van der Waals surface area contributed by atoms with Crippen molar-refractivity contribution in [3.8, 4) is 0 Å². The molecular formula is C16H17F2N3O3S. The fourth-order valence-corrected chi connectivity index (χ4v) is 3.88. The molecule has 1 aliphatic carbocycles. The zero-order valence-electron chi connectivity index (χ0n) is 13.3. The molecule has 134 valence electrons. The van der Waals surface area contributed by atoms with E-state index in [4.69, 9.17) is 0 Å². The SMILES string of the molecule is O=c1cc2c(nn1CCNS(=O)(=O)c1cc(F)cc(F)c1)CCCC2. The van der Waals surface area contributed by atoms with Gasteiger partial charge in [-0.2, -0.15) is 5.10 Å². The Morgan fingerprint density at radius 3 is 2.48 bits per heavy atom. The summed E-state index contributed by atoms with van der Waals surface area (Å²) in [6.07, 6.45) is 3.66. The topological polar surface area (TPSA) is 81.1 Å². The Kier molecular flexibility index (Phi) is 4.96. The van der Waals surface area contributed by atoms with E-state index in [9.17, 15) is 22.0 Å². The van der Waals surface area contributed by atoms with Crippen LogP contribution in [0, 0.1) is 11.6 Å². The molecule has 0 aliphatic heterocycles. The van der Waals surface area contributed by atoms with Crippen LogP contribution in [0.25, 0.3) is 0 Å². The quantitative estimate of drug-likeness (QED) is 0.863. The van der Waals surface area contributed by atoms with Gasteiger partial charge in [0.25, 0.3) is 5.56 Å². The second kappa shape index (κ2) is 7.01. The normalized spacial score (nSPS) is 14.3. The van der Waals surface area contributed by atoms with E-state index in [-0.39, 0.29) is 18.6 Å².